The summed E-state index contributed by atoms with van der Waals surface area (Å²) in [5.74, 6) is -0.445. The molecule has 0 bridgehead atoms. The molecule has 5 rings (SSSR count). The van der Waals surface area contributed by atoms with Crippen LogP contribution < -0.4 is 15.6 Å². The van der Waals surface area contributed by atoms with Gasteiger partial charge in [0.1, 0.15) is 12.4 Å². The van der Waals surface area contributed by atoms with Crippen molar-refractivity contribution in [1.29, 1.82) is 0 Å². The fourth-order valence-electron chi connectivity index (χ4n) is 5.66. The van der Waals surface area contributed by atoms with E-state index in [2.05, 4.69) is 5.32 Å². The Bertz CT molecular complexity index is 1730. The Morgan fingerprint density at radius 3 is 2.57 bits per heavy atom. The van der Waals surface area contributed by atoms with Gasteiger partial charge in [-0.15, -0.1) is 0 Å². The Kier molecular flexibility index (Phi) is 8.97. The third kappa shape index (κ3) is 5.78. The Hall–Kier alpha value is -3.61. The van der Waals surface area contributed by atoms with E-state index in [9.17, 15) is 24.1 Å². The van der Waals surface area contributed by atoms with Crippen molar-refractivity contribution in [2.45, 2.75) is 52.5 Å². The number of aliphatic hydroxyl groups is 1. The number of fused-ring (bicyclic) bond motifs is 5. The minimum atomic E-state index is -3.32. The third-order valence-corrected chi connectivity index (χ3v) is 9.82. The molecule has 14 heteroatoms. The number of aromatic nitrogens is 2. The molecule has 0 fully saturated rings. The summed E-state index contributed by atoms with van der Waals surface area (Å²) in [6.45, 7) is 6.04. The first kappa shape index (κ1) is 31.8. The van der Waals surface area contributed by atoms with Crippen molar-refractivity contribution in [1.82, 2.24) is 19.8 Å². The maximum atomic E-state index is 13.5. The van der Waals surface area contributed by atoms with Gasteiger partial charge in [-0.05, 0) is 58.6 Å². The van der Waals surface area contributed by atoms with Crippen molar-refractivity contribution in [3.8, 4) is 17.1 Å². The van der Waals surface area contributed by atoms with E-state index in [1.807, 2.05) is 25.1 Å². The van der Waals surface area contributed by atoms with E-state index >= 15 is 0 Å². The Morgan fingerprint density at radius 1 is 1.18 bits per heavy atom. The maximum Gasteiger partial charge on any atom is 0.412 e. The lowest BCUT2D eigenvalue weighted by molar-refractivity contribution is -0.172. The summed E-state index contributed by atoms with van der Waals surface area (Å²) in [5, 5.41) is 14.5. The van der Waals surface area contributed by atoms with Crippen LogP contribution >= 0.6 is 7.60 Å². The molecule has 3 aromatic rings. The summed E-state index contributed by atoms with van der Waals surface area (Å²) in [4.78, 5) is 45.6. The van der Waals surface area contributed by atoms with E-state index in [0.29, 0.717) is 34.8 Å². The summed E-state index contributed by atoms with van der Waals surface area (Å²) in [6.07, 6.45) is -0.660. The number of carbonyl (C=O) groups excluding carboxylic acids is 2. The number of esters is 1. The number of carbonyl (C=O) groups is 2. The minimum Gasteiger partial charge on any atom is -0.458 e. The van der Waals surface area contributed by atoms with E-state index in [1.54, 1.807) is 43.5 Å². The first-order chi connectivity index (χ1) is 20.9. The molecule has 2 aromatic heterocycles. The van der Waals surface area contributed by atoms with Crippen molar-refractivity contribution in [3.05, 3.63) is 56.9 Å². The molecule has 2 aliphatic heterocycles. The number of hydrogen-bond donors (Lipinski definition) is 2. The molecule has 1 atom stereocenters. The van der Waals surface area contributed by atoms with Gasteiger partial charge in [0.2, 0.25) is 0 Å². The van der Waals surface area contributed by atoms with Crippen LogP contribution in [0.1, 0.15) is 49.4 Å². The predicted molar refractivity (Wildman–Crippen MR) is 162 cm³/mol. The van der Waals surface area contributed by atoms with Gasteiger partial charge in [-0.1, -0.05) is 6.92 Å². The van der Waals surface area contributed by atoms with Crippen molar-refractivity contribution >= 4 is 30.6 Å². The summed E-state index contributed by atoms with van der Waals surface area (Å²) in [7, 11) is 0.457. The molecule has 4 heterocycles. The highest BCUT2D eigenvalue weighted by Gasteiger charge is 2.45. The largest absolute Gasteiger partial charge is 0.458 e. The van der Waals surface area contributed by atoms with Crippen LogP contribution in [0.4, 0.5) is 4.79 Å². The van der Waals surface area contributed by atoms with Gasteiger partial charge in [-0.2, -0.15) is 0 Å². The molecule has 1 aromatic carbocycles. The number of nitrogens with zero attached hydrogens (tertiary/aromatic N) is 3. The van der Waals surface area contributed by atoms with Crippen LogP contribution in [0.3, 0.4) is 0 Å². The lowest BCUT2D eigenvalue weighted by Crippen LogP contribution is -2.44. The van der Waals surface area contributed by atoms with E-state index in [1.165, 1.54) is 0 Å². The smallest absolute Gasteiger partial charge is 0.412 e. The van der Waals surface area contributed by atoms with Crippen LogP contribution in [0.5, 0.6) is 5.75 Å². The van der Waals surface area contributed by atoms with Crippen LogP contribution in [-0.4, -0.2) is 71.6 Å². The predicted octanol–water partition coefficient (Wildman–Crippen LogP) is 3.50. The average Bonchev–Trinajstić information content (AvgIpc) is 3.33. The topological polar surface area (TPSA) is 159 Å². The summed E-state index contributed by atoms with van der Waals surface area (Å²) in [6, 6.07) is 6.99. The zero-order chi connectivity index (χ0) is 31.8. The number of cyclic esters (lactones) is 1. The molecule has 0 aliphatic carbocycles. The van der Waals surface area contributed by atoms with Crippen LogP contribution in [0.25, 0.3) is 22.3 Å². The van der Waals surface area contributed by atoms with Crippen molar-refractivity contribution in [2.75, 3.05) is 40.0 Å². The molecule has 2 N–H and O–H groups in total. The molecular formula is C30H37N4O9P. The van der Waals surface area contributed by atoms with Gasteiger partial charge in [-0.3, -0.25) is 9.36 Å². The number of hydrogen-bond acceptors (Lipinski definition) is 11. The molecule has 2 aliphatic rings. The molecule has 13 nitrogen and oxygen atoms in total. The molecule has 0 unspecified atom stereocenters. The monoisotopic (exact) mass is 628 g/mol. The molecule has 236 valence electrons. The zero-order valence-electron chi connectivity index (χ0n) is 25.5. The molecular weight excluding hydrogens is 591 g/mol. The van der Waals surface area contributed by atoms with Crippen molar-refractivity contribution in [2.24, 2.45) is 0 Å². The van der Waals surface area contributed by atoms with Gasteiger partial charge in [0.15, 0.2) is 5.60 Å². The van der Waals surface area contributed by atoms with Gasteiger partial charge < -0.3 is 38.4 Å². The summed E-state index contributed by atoms with van der Waals surface area (Å²) >= 11 is 0. The van der Waals surface area contributed by atoms with E-state index in [-0.39, 0.29) is 62.2 Å². The first-order valence-corrected chi connectivity index (χ1v) is 16.3. The Morgan fingerprint density at radius 2 is 1.91 bits per heavy atom. The second-order valence-corrected chi connectivity index (χ2v) is 13.1. The van der Waals surface area contributed by atoms with Crippen LogP contribution in [0.15, 0.2) is 29.1 Å². The van der Waals surface area contributed by atoms with Crippen LogP contribution in [0, 0.1) is 0 Å². The highest BCUT2D eigenvalue weighted by atomic mass is 31.2. The molecule has 0 spiro atoms. The number of benzene rings is 1. The Labute approximate surface area is 254 Å². The molecule has 0 radical (unpaired) electrons. The average molecular weight is 629 g/mol. The third-order valence-electron chi connectivity index (χ3n) is 7.74. The molecule has 0 saturated heterocycles. The number of nitrogens with one attached hydrogen (secondary N) is 1. The van der Waals surface area contributed by atoms with Crippen molar-refractivity contribution < 1.29 is 37.8 Å². The second-order valence-electron chi connectivity index (χ2n) is 10.9. The van der Waals surface area contributed by atoms with Gasteiger partial charge in [-0.25, -0.2) is 14.6 Å². The van der Waals surface area contributed by atoms with Gasteiger partial charge >= 0.3 is 19.7 Å². The van der Waals surface area contributed by atoms with Gasteiger partial charge in [0.05, 0.1) is 48.4 Å². The lowest BCUT2D eigenvalue weighted by atomic mass is 9.86. The fourth-order valence-corrected chi connectivity index (χ4v) is 7.16. The highest BCUT2D eigenvalue weighted by Crippen LogP contribution is 2.47. The molecule has 1 amide bonds. The quantitative estimate of drug-likeness (QED) is 0.185. The van der Waals surface area contributed by atoms with Crippen LogP contribution in [0.2, 0.25) is 0 Å². The first-order valence-electron chi connectivity index (χ1n) is 14.6. The number of ether oxygens (including phenoxy) is 2. The second kappa shape index (κ2) is 12.4. The number of amides is 1. The van der Waals surface area contributed by atoms with Gasteiger partial charge in [0.25, 0.3) is 5.56 Å². The normalized spacial score (nSPS) is 17.3. The maximum absolute atomic E-state index is 13.5. The lowest BCUT2D eigenvalue weighted by Gasteiger charge is -2.31. The molecule has 44 heavy (non-hydrogen) atoms. The van der Waals surface area contributed by atoms with Crippen molar-refractivity contribution in [3.63, 3.8) is 0 Å². The van der Waals surface area contributed by atoms with E-state index < -0.39 is 25.3 Å². The van der Waals surface area contributed by atoms with E-state index in [0.717, 1.165) is 10.9 Å². The van der Waals surface area contributed by atoms with E-state index in [4.69, 9.17) is 23.5 Å². The summed E-state index contributed by atoms with van der Waals surface area (Å²) in [5.41, 5.74) is 1.45. The van der Waals surface area contributed by atoms with Gasteiger partial charge in [0, 0.05) is 35.2 Å². The zero-order valence-corrected chi connectivity index (χ0v) is 26.4. The summed E-state index contributed by atoms with van der Waals surface area (Å²) < 4.78 is 35.7. The standard InChI is InChI=1S/C30H37N4O9P/c1-6-30(38)22-14-24-26-18(15-34(24)27(35)21(22)17-40-28(30)36)13-19-20(16-33(4)5)25(10-9-23(19)32-26)43-29(37)31-11-12-44(39,41-7-2)42-8-3/h9-10,13-14,38H,6-8,11-12,15-17H2,1-5H3,(H,31,37)/t30-/m0/s1. The fraction of sp³-hybridized carbons (Fsp3) is 0.467. The number of rotatable bonds is 11. The van der Waals surface area contributed by atoms with Crippen LogP contribution in [-0.2, 0) is 48.4 Å². The SMILES string of the molecule is CCOP(=O)(CCNC(=O)Oc1ccc2nc3c(cc2c1CN(C)C)Cn1c-3cc2c(c1=O)COC(=O)[C@]2(O)CC)OCC. The number of pyridine rings is 2. The minimum absolute atomic E-state index is 0.00140. The Balaban J connectivity index is 1.47. The highest BCUT2D eigenvalue weighted by molar-refractivity contribution is 7.53. The molecule has 0 saturated carbocycles.